The lowest BCUT2D eigenvalue weighted by molar-refractivity contribution is 0.964. The molecule has 0 saturated heterocycles. The predicted molar refractivity (Wildman–Crippen MR) is 298 cm³/mol. The summed E-state index contributed by atoms with van der Waals surface area (Å²) in [5, 5.41) is 4.75. The Kier molecular flexibility index (Phi) is 10.5. The molecule has 0 N–H and O–H groups in total. The van der Waals surface area contributed by atoms with Crippen molar-refractivity contribution in [2.24, 2.45) is 4.99 Å². The van der Waals surface area contributed by atoms with Crippen molar-refractivity contribution in [3.8, 4) is 68.2 Å². The van der Waals surface area contributed by atoms with Gasteiger partial charge in [0.1, 0.15) is 5.69 Å². The number of nitrogens with zero attached hydrogens (tertiary/aromatic N) is 10. The first-order chi connectivity index (χ1) is 36.7. The van der Waals surface area contributed by atoms with E-state index in [-0.39, 0.29) is 0 Å². The van der Waals surface area contributed by atoms with Crippen LogP contribution in [0.2, 0.25) is 0 Å². The van der Waals surface area contributed by atoms with Gasteiger partial charge in [0.05, 0.1) is 27.8 Å². The number of hydrogen-bond donors (Lipinski definition) is 0. The summed E-state index contributed by atoms with van der Waals surface area (Å²) in [6.45, 7) is 0. The van der Waals surface area contributed by atoms with Gasteiger partial charge in [-0.25, -0.2) is 29.9 Å². The van der Waals surface area contributed by atoms with Crippen molar-refractivity contribution in [1.29, 1.82) is 0 Å². The Morgan fingerprint density at radius 3 is 1.45 bits per heavy atom. The van der Waals surface area contributed by atoms with E-state index >= 15 is 0 Å². The molecule has 1 aliphatic heterocycles. The van der Waals surface area contributed by atoms with E-state index in [1.165, 1.54) is 21.5 Å². The Hall–Kier alpha value is -9.80. The van der Waals surface area contributed by atoms with E-state index in [1.54, 1.807) is 6.20 Å². The van der Waals surface area contributed by atoms with Crippen molar-refractivity contribution in [3.63, 3.8) is 0 Å². The molecular formula is C64H44N10. The van der Waals surface area contributed by atoms with Gasteiger partial charge in [0.25, 0.3) is 0 Å². The van der Waals surface area contributed by atoms with Crippen molar-refractivity contribution in [3.05, 3.63) is 230 Å². The Morgan fingerprint density at radius 1 is 0.365 bits per heavy atom. The maximum atomic E-state index is 5.01. The minimum absolute atomic E-state index is 0.530. The van der Waals surface area contributed by atoms with E-state index in [0.717, 1.165) is 98.2 Å². The second-order valence-electron chi connectivity index (χ2n) is 18.6. The molecule has 0 radical (unpaired) electrons. The third kappa shape index (κ3) is 7.68. The molecule has 0 saturated carbocycles. The lowest BCUT2D eigenvalue weighted by atomic mass is 10.0. The van der Waals surface area contributed by atoms with Crippen LogP contribution in [0.15, 0.2) is 224 Å². The average molecular weight is 953 g/mol. The molecule has 14 rings (SSSR count). The van der Waals surface area contributed by atoms with Crippen LogP contribution in [-0.2, 0) is 0 Å². The highest BCUT2D eigenvalue weighted by molar-refractivity contribution is 6.13. The molecule has 10 heteroatoms. The van der Waals surface area contributed by atoms with E-state index in [9.17, 15) is 0 Å². The fourth-order valence-corrected chi connectivity index (χ4v) is 10.4. The standard InChI is InChI=1S/C64H44N10/c1-3-15-41(16-4-1)59-67-61(71-63(69-59)53-21-11-13-37-65-53)43-25-31-47(32-26-43)73-55-23-9-7-19-49(55)51-39-45(29-35-57(51)73)46-30-36-58-52(40-46)50-20-8-10-24-56(50)74(58)48-33-27-44(28-34-48)62-68-60(42-17-5-2-6-18-42)70-64(72-62)54-22-12-14-38-66-54/h1,3-5,7-11,13-21,23-40H,2,6,12,22H2. The van der Waals surface area contributed by atoms with E-state index in [1.807, 2.05) is 54.7 Å². The normalized spacial score (nSPS) is 13.5. The van der Waals surface area contributed by atoms with E-state index < -0.39 is 0 Å². The van der Waals surface area contributed by atoms with Crippen LogP contribution in [0, 0.1) is 0 Å². The molecule has 10 nitrogen and oxygen atoms in total. The maximum Gasteiger partial charge on any atom is 0.182 e. The van der Waals surface area contributed by atoms with Gasteiger partial charge in [-0.2, -0.15) is 0 Å². The average Bonchev–Trinajstić information content (AvgIpc) is 4.02. The van der Waals surface area contributed by atoms with Crippen molar-refractivity contribution >= 4 is 54.9 Å². The largest absolute Gasteiger partial charge is 0.309 e. The molecule has 6 heterocycles. The fraction of sp³-hybridized carbons (Fsp3) is 0.0625. The zero-order valence-electron chi connectivity index (χ0n) is 40.1. The van der Waals surface area contributed by atoms with Gasteiger partial charge in [-0.05, 0) is 134 Å². The fourth-order valence-electron chi connectivity index (χ4n) is 10.4. The highest BCUT2D eigenvalue weighted by Crippen LogP contribution is 2.39. The molecule has 0 atom stereocenters. The number of para-hydroxylation sites is 2. The quantitative estimate of drug-likeness (QED) is 0.142. The second-order valence-corrected chi connectivity index (χ2v) is 18.6. The molecule has 7 aromatic carbocycles. The number of hydrogen-bond acceptors (Lipinski definition) is 8. The third-order valence-corrected chi connectivity index (χ3v) is 14.0. The number of allylic oxidation sites excluding steroid dienone is 5. The van der Waals surface area contributed by atoms with Crippen LogP contribution < -0.4 is 0 Å². The molecule has 5 aromatic heterocycles. The first-order valence-electron chi connectivity index (χ1n) is 25.0. The second kappa shape index (κ2) is 18.1. The molecule has 0 unspecified atom stereocenters. The minimum atomic E-state index is 0.530. The molecular weight excluding hydrogens is 909 g/mol. The molecule has 350 valence electrons. The lowest BCUT2D eigenvalue weighted by Gasteiger charge is -2.13. The van der Waals surface area contributed by atoms with Gasteiger partial charge in [-0.3, -0.25) is 9.98 Å². The number of fused-ring (bicyclic) bond motifs is 6. The summed E-state index contributed by atoms with van der Waals surface area (Å²) >= 11 is 0. The Bertz CT molecular complexity index is 4220. The molecule has 12 aromatic rings. The number of pyridine rings is 1. The summed E-state index contributed by atoms with van der Waals surface area (Å²) in [5.74, 6) is 3.68. The van der Waals surface area contributed by atoms with Gasteiger partial charge in [0, 0.05) is 67.6 Å². The number of aliphatic imine (C=N–C) groups is 1. The van der Waals surface area contributed by atoms with Crippen LogP contribution in [0.1, 0.15) is 37.3 Å². The summed E-state index contributed by atoms with van der Waals surface area (Å²) in [7, 11) is 0. The topological polar surface area (TPSA) is 112 Å². The Labute approximate surface area is 426 Å². The highest BCUT2D eigenvalue weighted by Gasteiger charge is 2.20. The minimum Gasteiger partial charge on any atom is -0.309 e. The van der Waals surface area contributed by atoms with Crippen molar-refractivity contribution < 1.29 is 0 Å². The summed E-state index contributed by atoms with van der Waals surface area (Å²) in [6.07, 6.45) is 15.9. The van der Waals surface area contributed by atoms with Crippen LogP contribution in [0.4, 0.5) is 0 Å². The summed E-state index contributed by atoms with van der Waals surface area (Å²) in [6, 6.07) is 63.9. The highest BCUT2D eigenvalue weighted by atomic mass is 15.1. The predicted octanol–water partition coefficient (Wildman–Crippen LogP) is 14.8. The van der Waals surface area contributed by atoms with Crippen LogP contribution in [0.3, 0.4) is 0 Å². The van der Waals surface area contributed by atoms with E-state index in [0.29, 0.717) is 40.6 Å². The molecule has 1 aliphatic carbocycles. The van der Waals surface area contributed by atoms with Gasteiger partial charge in [-0.15, -0.1) is 0 Å². The molecule has 0 fully saturated rings. The number of benzene rings is 7. The van der Waals surface area contributed by atoms with Gasteiger partial charge in [-0.1, -0.05) is 109 Å². The third-order valence-electron chi connectivity index (χ3n) is 14.0. The van der Waals surface area contributed by atoms with Gasteiger partial charge in [0.2, 0.25) is 0 Å². The molecule has 2 aliphatic rings. The van der Waals surface area contributed by atoms with E-state index in [2.05, 4.69) is 177 Å². The summed E-state index contributed by atoms with van der Waals surface area (Å²) in [4.78, 5) is 38.8. The van der Waals surface area contributed by atoms with Crippen molar-refractivity contribution in [2.45, 2.75) is 25.7 Å². The molecule has 74 heavy (non-hydrogen) atoms. The lowest BCUT2D eigenvalue weighted by Crippen LogP contribution is -2.12. The number of aromatic nitrogens is 9. The van der Waals surface area contributed by atoms with Crippen molar-refractivity contribution in [2.75, 3.05) is 0 Å². The first-order valence-corrected chi connectivity index (χ1v) is 25.0. The van der Waals surface area contributed by atoms with Crippen molar-refractivity contribution in [1.82, 2.24) is 44.0 Å². The molecule has 0 spiro atoms. The zero-order valence-corrected chi connectivity index (χ0v) is 40.1. The summed E-state index contributed by atoms with van der Waals surface area (Å²) in [5.41, 5.74) is 14.3. The zero-order chi connectivity index (χ0) is 49.0. The Morgan fingerprint density at radius 2 is 0.878 bits per heavy atom. The monoisotopic (exact) mass is 952 g/mol. The molecule has 0 amide bonds. The van der Waals surface area contributed by atoms with Gasteiger partial charge >= 0.3 is 0 Å². The Balaban J connectivity index is 0.811. The van der Waals surface area contributed by atoms with Crippen LogP contribution in [0.5, 0.6) is 0 Å². The first kappa shape index (κ1) is 43.0. The van der Waals surface area contributed by atoms with Crippen LogP contribution >= 0.6 is 0 Å². The molecule has 0 bridgehead atoms. The van der Waals surface area contributed by atoms with Gasteiger partial charge < -0.3 is 9.13 Å². The van der Waals surface area contributed by atoms with Crippen LogP contribution in [0.25, 0.3) is 117 Å². The SMILES string of the molecule is C1=CC(c2nc(C3=NC=CCC3)nc(-c3ccc(-n4c5ccccc5c5cc(-c6ccc7c(c6)c6ccccc6n7-c6ccc(-c7nc(-c8ccccc8)nc(-c8ccccn8)n7)cc6)ccc54)cc3)n2)=CCC1. The number of rotatable bonds is 9. The van der Waals surface area contributed by atoms with Crippen LogP contribution in [-0.4, -0.2) is 49.7 Å². The summed E-state index contributed by atoms with van der Waals surface area (Å²) < 4.78 is 4.70. The smallest absolute Gasteiger partial charge is 0.182 e. The van der Waals surface area contributed by atoms with E-state index in [4.69, 9.17) is 29.9 Å². The maximum absolute atomic E-state index is 5.01. The van der Waals surface area contributed by atoms with Gasteiger partial charge in [0.15, 0.2) is 34.9 Å².